The molecule has 7 heteroatoms. The normalized spacial score (nSPS) is 24.9. The summed E-state index contributed by atoms with van der Waals surface area (Å²) in [5, 5.41) is 12.8. The summed E-state index contributed by atoms with van der Waals surface area (Å²) in [6, 6.07) is 7.77. The Labute approximate surface area is 177 Å². The Bertz CT molecular complexity index is 753. The smallest absolute Gasteiger partial charge is 0.326 e. The lowest BCUT2D eigenvalue weighted by Gasteiger charge is -2.29. The molecule has 7 nitrogen and oxygen atoms in total. The highest BCUT2D eigenvalue weighted by Gasteiger charge is 2.50. The fourth-order valence-electron chi connectivity index (χ4n) is 4.94. The van der Waals surface area contributed by atoms with Gasteiger partial charge < -0.3 is 14.7 Å². The zero-order chi connectivity index (χ0) is 21.7. The van der Waals surface area contributed by atoms with Gasteiger partial charge in [0.25, 0.3) is 0 Å². The average molecular weight is 417 g/mol. The lowest BCUT2D eigenvalue weighted by atomic mass is 9.94. The van der Waals surface area contributed by atoms with Crippen LogP contribution in [0.15, 0.2) is 30.3 Å². The topological polar surface area (TPSA) is 95.9 Å². The zero-order valence-electron chi connectivity index (χ0n) is 17.8. The van der Waals surface area contributed by atoms with Gasteiger partial charge in [-0.05, 0) is 56.9 Å². The van der Waals surface area contributed by atoms with Gasteiger partial charge in [0.15, 0.2) is 0 Å². The second-order valence-electron chi connectivity index (χ2n) is 8.35. The standard InChI is InChI=1S/C23H32N2O5/c1-3-30-23(29)19(13-12-16-8-5-4-6-9-16)24-15(2)21(26)25-14-17-10-7-11-18(17)20(25)22(27)28/h4-6,8-9,15,17-20,24H,3,7,10-14H2,1-2H3,(H,27,28). The van der Waals surface area contributed by atoms with Crippen molar-refractivity contribution in [3.8, 4) is 0 Å². The number of likely N-dealkylation sites (tertiary alicyclic amines) is 1. The van der Waals surface area contributed by atoms with Gasteiger partial charge in [0.05, 0.1) is 12.6 Å². The second kappa shape index (κ2) is 10.1. The van der Waals surface area contributed by atoms with Crippen LogP contribution in [0.5, 0.6) is 0 Å². The molecular weight excluding hydrogens is 384 g/mol. The van der Waals surface area contributed by atoms with Crippen LogP contribution in [0.25, 0.3) is 0 Å². The number of ether oxygens (including phenoxy) is 1. The third kappa shape index (κ3) is 5.01. The van der Waals surface area contributed by atoms with E-state index in [4.69, 9.17) is 4.74 Å². The summed E-state index contributed by atoms with van der Waals surface area (Å²) in [5.41, 5.74) is 1.10. The number of carboxylic acid groups (broad SMARTS) is 1. The highest BCUT2D eigenvalue weighted by molar-refractivity contribution is 5.88. The van der Waals surface area contributed by atoms with Crippen molar-refractivity contribution in [1.82, 2.24) is 10.2 Å². The van der Waals surface area contributed by atoms with E-state index in [0.717, 1.165) is 24.8 Å². The molecule has 1 amide bonds. The average Bonchev–Trinajstić information content (AvgIpc) is 3.32. The molecule has 1 saturated heterocycles. The fraction of sp³-hybridized carbons (Fsp3) is 0.609. The summed E-state index contributed by atoms with van der Waals surface area (Å²) in [6.45, 7) is 4.20. The monoisotopic (exact) mass is 416 g/mol. The first-order chi connectivity index (χ1) is 14.4. The number of nitrogens with zero attached hydrogens (tertiary/aromatic N) is 1. The summed E-state index contributed by atoms with van der Waals surface area (Å²) in [5.74, 6) is -1.28. The number of fused-ring (bicyclic) bond motifs is 1. The number of carbonyl (C=O) groups is 3. The molecule has 1 aliphatic heterocycles. The van der Waals surface area contributed by atoms with Crippen LogP contribution in [0, 0.1) is 11.8 Å². The van der Waals surface area contributed by atoms with E-state index < -0.39 is 24.1 Å². The number of hydrogen-bond acceptors (Lipinski definition) is 5. The molecule has 3 rings (SSSR count). The van der Waals surface area contributed by atoms with Crippen molar-refractivity contribution < 1.29 is 24.2 Å². The Morgan fingerprint density at radius 3 is 2.63 bits per heavy atom. The Morgan fingerprint density at radius 2 is 1.97 bits per heavy atom. The molecule has 2 aliphatic rings. The number of benzene rings is 1. The van der Waals surface area contributed by atoms with Crippen LogP contribution in [-0.4, -0.2) is 59.1 Å². The minimum Gasteiger partial charge on any atom is -0.480 e. The molecule has 0 aromatic heterocycles. The first kappa shape index (κ1) is 22.3. The predicted octanol–water partition coefficient (Wildman–Crippen LogP) is 2.24. The first-order valence-electron chi connectivity index (χ1n) is 10.9. The lowest BCUT2D eigenvalue weighted by molar-refractivity contribution is -0.151. The van der Waals surface area contributed by atoms with E-state index >= 15 is 0 Å². The van der Waals surface area contributed by atoms with Gasteiger partial charge in [-0.1, -0.05) is 36.8 Å². The number of carbonyl (C=O) groups excluding carboxylic acids is 2. The zero-order valence-corrected chi connectivity index (χ0v) is 17.8. The maximum Gasteiger partial charge on any atom is 0.326 e. The molecule has 164 valence electrons. The largest absolute Gasteiger partial charge is 0.480 e. The van der Waals surface area contributed by atoms with Crippen LogP contribution in [0.3, 0.4) is 0 Å². The molecule has 0 radical (unpaired) electrons. The van der Waals surface area contributed by atoms with Gasteiger partial charge in [0.2, 0.25) is 5.91 Å². The van der Waals surface area contributed by atoms with E-state index in [-0.39, 0.29) is 30.3 Å². The van der Waals surface area contributed by atoms with E-state index in [0.29, 0.717) is 19.4 Å². The van der Waals surface area contributed by atoms with Gasteiger partial charge >= 0.3 is 11.9 Å². The van der Waals surface area contributed by atoms with Crippen molar-refractivity contribution in [2.24, 2.45) is 11.8 Å². The number of esters is 1. The maximum absolute atomic E-state index is 13.1. The van der Waals surface area contributed by atoms with Crippen LogP contribution in [-0.2, 0) is 25.5 Å². The summed E-state index contributed by atoms with van der Waals surface area (Å²) >= 11 is 0. The van der Waals surface area contributed by atoms with Crippen LogP contribution >= 0.6 is 0 Å². The van der Waals surface area contributed by atoms with Gasteiger partial charge in [-0.2, -0.15) is 0 Å². The summed E-state index contributed by atoms with van der Waals surface area (Å²) < 4.78 is 5.20. The summed E-state index contributed by atoms with van der Waals surface area (Å²) in [4.78, 5) is 39.0. The molecule has 1 saturated carbocycles. The quantitative estimate of drug-likeness (QED) is 0.600. The molecule has 1 aliphatic carbocycles. The Morgan fingerprint density at radius 1 is 1.23 bits per heavy atom. The number of aryl methyl sites for hydroxylation is 1. The van der Waals surface area contributed by atoms with Crippen LogP contribution in [0.4, 0.5) is 0 Å². The van der Waals surface area contributed by atoms with E-state index in [1.54, 1.807) is 13.8 Å². The number of rotatable bonds is 9. The van der Waals surface area contributed by atoms with Gasteiger partial charge in [0, 0.05) is 6.54 Å². The van der Waals surface area contributed by atoms with Crippen LogP contribution < -0.4 is 5.32 Å². The third-order valence-corrected chi connectivity index (χ3v) is 6.38. The van der Waals surface area contributed by atoms with Gasteiger partial charge in [-0.3, -0.25) is 14.9 Å². The fourth-order valence-corrected chi connectivity index (χ4v) is 4.94. The van der Waals surface area contributed by atoms with Crippen molar-refractivity contribution in [1.29, 1.82) is 0 Å². The number of hydrogen-bond donors (Lipinski definition) is 2. The van der Waals surface area contributed by atoms with Crippen molar-refractivity contribution in [2.75, 3.05) is 13.2 Å². The van der Waals surface area contributed by atoms with Crippen molar-refractivity contribution >= 4 is 17.8 Å². The molecule has 2 fully saturated rings. The summed E-state index contributed by atoms with van der Waals surface area (Å²) in [6.07, 6.45) is 4.02. The van der Waals surface area contributed by atoms with E-state index in [1.807, 2.05) is 30.3 Å². The van der Waals surface area contributed by atoms with Gasteiger partial charge in [0.1, 0.15) is 12.1 Å². The van der Waals surface area contributed by atoms with Crippen LogP contribution in [0.2, 0.25) is 0 Å². The van der Waals surface area contributed by atoms with E-state index in [2.05, 4.69) is 5.32 Å². The van der Waals surface area contributed by atoms with Gasteiger partial charge in [-0.25, -0.2) is 4.79 Å². The van der Waals surface area contributed by atoms with Gasteiger partial charge in [-0.15, -0.1) is 0 Å². The predicted molar refractivity (Wildman–Crippen MR) is 112 cm³/mol. The molecule has 1 heterocycles. The highest BCUT2D eigenvalue weighted by Crippen LogP contribution is 2.42. The molecule has 0 spiro atoms. The first-order valence-corrected chi connectivity index (χ1v) is 10.9. The van der Waals surface area contributed by atoms with E-state index in [9.17, 15) is 19.5 Å². The number of nitrogens with one attached hydrogen (secondary N) is 1. The van der Waals surface area contributed by atoms with Crippen LogP contribution in [0.1, 0.15) is 45.1 Å². The highest BCUT2D eigenvalue weighted by atomic mass is 16.5. The number of carboxylic acids is 1. The Hall–Kier alpha value is -2.41. The van der Waals surface area contributed by atoms with Crippen molar-refractivity contribution in [3.05, 3.63) is 35.9 Å². The summed E-state index contributed by atoms with van der Waals surface area (Å²) in [7, 11) is 0. The molecule has 5 unspecified atom stereocenters. The SMILES string of the molecule is CCOC(=O)C(CCc1ccccc1)NC(C)C(=O)N1CC2CCCC2C1C(=O)O. The number of amides is 1. The lowest BCUT2D eigenvalue weighted by Crippen LogP contribution is -2.54. The van der Waals surface area contributed by atoms with Crippen molar-refractivity contribution in [3.63, 3.8) is 0 Å². The second-order valence-corrected chi connectivity index (χ2v) is 8.35. The maximum atomic E-state index is 13.1. The number of aliphatic carboxylic acids is 1. The molecule has 1 aromatic rings. The molecule has 5 atom stereocenters. The minimum absolute atomic E-state index is 0.0394. The Kier molecular flexibility index (Phi) is 7.48. The molecule has 1 aromatic carbocycles. The molecule has 0 bridgehead atoms. The van der Waals surface area contributed by atoms with E-state index in [1.165, 1.54) is 4.90 Å². The minimum atomic E-state index is -0.934. The van der Waals surface area contributed by atoms with Crippen molar-refractivity contribution in [2.45, 2.75) is 64.1 Å². The third-order valence-electron chi connectivity index (χ3n) is 6.38. The molecular formula is C23H32N2O5. The Balaban J connectivity index is 1.66. The molecule has 2 N–H and O–H groups in total. The molecule has 30 heavy (non-hydrogen) atoms.